The van der Waals surface area contributed by atoms with Gasteiger partial charge in [-0.15, -0.1) is 0 Å². The van der Waals surface area contributed by atoms with E-state index in [2.05, 4.69) is 160 Å². The first-order chi connectivity index (χ1) is 45.6. The van der Waals surface area contributed by atoms with Gasteiger partial charge in [-0.25, -0.2) is 4.79 Å². The third-order valence-corrected chi connectivity index (χ3v) is 16.1. The average molecular weight is 1290 g/mol. The van der Waals surface area contributed by atoms with E-state index in [-0.39, 0.29) is 32.2 Å². The Kier molecular flexibility index (Phi) is 69.2. The maximum atomic E-state index is 13.0. The van der Waals surface area contributed by atoms with Crippen molar-refractivity contribution in [2.45, 2.75) is 322 Å². The number of allylic oxidation sites excluding steroid dienone is 24. The van der Waals surface area contributed by atoms with Crippen molar-refractivity contribution in [1.82, 2.24) is 0 Å². The maximum Gasteiger partial charge on any atom is 0.361 e. The Morgan fingerprint density at radius 2 is 0.581 bits per heavy atom. The number of carbonyl (C=O) groups excluding carboxylic acids is 2. The molecule has 0 amide bonds. The van der Waals surface area contributed by atoms with Crippen LogP contribution in [0.25, 0.3) is 0 Å². The predicted molar refractivity (Wildman–Crippen MR) is 400 cm³/mol. The number of unbranched alkanes of at least 4 members (excludes halogenated alkanes) is 30. The molecule has 0 aliphatic carbocycles. The molecule has 0 spiro atoms. The van der Waals surface area contributed by atoms with E-state index >= 15 is 0 Å². The molecule has 2 atom stereocenters. The maximum absolute atomic E-state index is 13.0. The molecule has 530 valence electrons. The Morgan fingerprint density at radius 3 is 0.860 bits per heavy atom. The highest BCUT2D eigenvalue weighted by atomic mass is 16.7. The van der Waals surface area contributed by atoms with Crippen LogP contribution in [0.4, 0.5) is 0 Å². The SMILES string of the molecule is CC/C=C\C/C=C\C/C=C\C/C=C\C/C=C\C/C=C\C/C=C\C/C=C\CCCCCCCCCCCCCCC(=O)OC(COC(=O)CCCCCCCCCCCCCCCCCCCC/C=C\C/C=C\C/C=C\C/C=C\CC)COC(OCC[N+](C)(C)C)C(=O)O. The predicted octanol–water partition coefficient (Wildman–Crippen LogP) is 24.3. The number of quaternary nitrogens is 1. The molecule has 0 saturated heterocycles. The van der Waals surface area contributed by atoms with Crippen molar-refractivity contribution >= 4 is 17.9 Å². The van der Waals surface area contributed by atoms with Gasteiger partial charge in [0, 0.05) is 12.8 Å². The summed E-state index contributed by atoms with van der Waals surface area (Å²) in [5.41, 5.74) is 0. The van der Waals surface area contributed by atoms with Crippen molar-refractivity contribution in [3.63, 3.8) is 0 Å². The number of nitrogens with zero attached hydrogens (tertiary/aromatic N) is 1. The Balaban J connectivity index is 4.09. The number of hydrogen-bond donors (Lipinski definition) is 1. The third-order valence-electron chi connectivity index (χ3n) is 16.1. The molecule has 0 heterocycles. The molecule has 93 heavy (non-hydrogen) atoms. The Hall–Kier alpha value is -4.83. The fraction of sp³-hybridized carbons (Fsp3) is 0.679. The van der Waals surface area contributed by atoms with E-state index in [4.69, 9.17) is 18.9 Å². The van der Waals surface area contributed by atoms with E-state index in [1.54, 1.807) is 0 Å². The zero-order chi connectivity index (χ0) is 67.5. The molecular formula is C84H142NO8+. The minimum Gasteiger partial charge on any atom is -0.477 e. The molecule has 0 aromatic heterocycles. The molecule has 0 rings (SSSR count). The zero-order valence-corrected chi connectivity index (χ0v) is 60.6. The number of likely N-dealkylation sites (N-methyl/N-ethyl adjacent to an activating group) is 1. The van der Waals surface area contributed by atoms with Crippen molar-refractivity contribution in [2.75, 3.05) is 47.5 Å². The van der Waals surface area contributed by atoms with Crippen LogP contribution in [0, 0.1) is 0 Å². The van der Waals surface area contributed by atoms with E-state index in [1.165, 1.54) is 161 Å². The molecule has 0 saturated carbocycles. The normalized spacial score (nSPS) is 13.5. The van der Waals surface area contributed by atoms with Crippen molar-refractivity contribution in [3.05, 3.63) is 146 Å². The van der Waals surface area contributed by atoms with Crippen LogP contribution in [0.3, 0.4) is 0 Å². The molecule has 0 aliphatic rings. The third kappa shape index (κ3) is 74.4. The molecule has 9 heteroatoms. The van der Waals surface area contributed by atoms with E-state index in [0.29, 0.717) is 23.9 Å². The first-order valence-electron chi connectivity index (χ1n) is 38.0. The minimum absolute atomic E-state index is 0.183. The number of aliphatic carboxylic acids is 1. The summed E-state index contributed by atoms with van der Waals surface area (Å²) in [4.78, 5) is 37.7. The van der Waals surface area contributed by atoms with Gasteiger partial charge in [0.15, 0.2) is 6.10 Å². The second kappa shape index (κ2) is 73.0. The molecule has 0 bridgehead atoms. The summed E-state index contributed by atoms with van der Waals surface area (Å²) in [7, 11) is 5.98. The summed E-state index contributed by atoms with van der Waals surface area (Å²) in [6.45, 7) is 4.67. The lowest BCUT2D eigenvalue weighted by molar-refractivity contribution is -0.870. The van der Waals surface area contributed by atoms with Crippen LogP contribution in [0.2, 0.25) is 0 Å². The fourth-order valence-electron chi connectivity index (χ4n) is 10.4. The highest BCUT2D eigenvalue weighted by Crippen LogP contribution is 2.18. The molecule has 9 nitrogen and oxygen atoms in total. The minimum atomic E-state index is -1.52. The topological polar surface area (TPSA) is 108 Å². The summed E-state index contributed by atoms with van der Waals surface area (Å²) in [5.74, 6) is -2.00. The van der Waals surface area contributed by atoms with Gasteiger partial charge < -0.3 is 28.5 Å². The van der Waals surface area contributed by atoms with Crippen LogP contribution in [-0.2, 0) is 33.3 Å². The van der Waals surface area contributed by atoms with Gasteiger partial charge in [-0.05, 0) is 116 Å². The number of carbonyl (C=O) groups is 3. The average Bonchev–Trinajstić information content (AvgIpc) is 3.73. The van der Waals surface area contributed by atoms with Crippen LogP contribution < -0.4 is 0 Å². The number of carboxylic acids is 1. The highest BCUT2D eigenvalue weighted by Gasteiger charge is 2.25. The van der Waals surface area contributed by atoms with Gasteiger partial charge >= 0.3 is 17.9 Å². The monoisotopic (exact) mass is 1290 g/mol. The van der Waals surface area contributed by atoms with Crippen LogP contribution in [0.5, 0.6) is 0 Å². The smallest absolute Gasteiger partial charge is 0.361 e. The van der Waals surface area contributed by atoms with Crippen molar-refractivity contribution in [3.8, 4) is 0 Å². The standard InChI is InChI=1S/C84H141NO8/c1-6-8-10-12-14-16-18-20-22-24-26-28-30-32-34-36-38-39-40-41-42-43-45-47-49-51-53-55-57-59-61-63-65-67-69-71-73-75-82(87)93-80(79-92-84(83(88)89)90-77-76-85(3,4)5)78-91-81(86)74-72-70-68-66-64-62-60-58-56-54-52-50-48-46-44-37-35-33-31-29-27-25-23-21-19-17-15-13-11-9-7-2/h8-11,14-17,20-23,26-29,32,34,38-39,41-42,45,47,80,84H,6-7,12-13,18-19,24-25,30-31,33,35-37,40,43-44,46,48-79H2,1-5H3/p+1/b10-8-,11-9-,16-14-,17-15-,22-20-,23-21-,28-26-,29-27-,34-32-,39-38-,42-41-,47-45-. The quantitative estimate of drug-likeness (QED) is 0.0211. The molecular weight excluding hydrogens is 1150 g/mol. The first kappa shape index (κ1) is 88.2. The number of rotatable bonds is 69. The van der Waals surface area contributed by atoms with E-state index < -0.39 is 24.3 Å². The molecule has 2 unspecified atom stereocenters. The molecule has 0 aromatic rings. The largest absolute Gasteiger partial charge is 0.477 e. The lowest BCUT2D eigenvalue weighted by Crippen LogP contribution is -2.40. The van der Waals surface area contributed by atoms with E-state index in [0.717, 1.165) is 116 Å². The molecule has 0 aromatic carbocycles. The van der Waals surface area contributed by atoms with Gasteiger partial charge in [0.1, 0.15) is 13.2 Å². The van der Waals surface area contributed by atoms with Gasteiger partial charge in [0.05, 0.1) is 34.4 Å². The van der Waals surface area contributed by atoms with Gasteiger partial charge in [-0.3, -0.25) is 9.59 Å². The lowest BCUT2D eigenvalue weighted by atomic mass is 10.0. The molecule has 0 radical (unpaired) electrons. The van der Waals surface area contributed by atoms with Crippen LogP contribution in [0.15, 0.2) is 146 Å². The second-order valence-corrected chi connectivity index (χ2v) is 26.2. The van der Waals surface area contributed by atoms with Crippen LogP contribution >= 0.6 is 0 Å². The molecule has 1 N–H and O–H groups in total. The number of ether oxygens (including phenoxy) is 4. The van der Waals surface area contributed by atoms with E-state index in [1.807, 2.05) is 21.1 Å². The lowest BCUT2D eigenvalue weighted by Gasteiger charge is -2.25. The summed E-state index contributed by atoms with van der Waals surface area (Å²) < 4.78 is 23.0. The zero-order valence-electron chi connectivity index (χ0n) is 60.6. The van der Waals surface area contributed by atoms with Crippen molar-refractivity contribution in [1.29, 1.82) is 0 Å². The number of carboxylic acid groups (broad SMARTS) is 1. The Bertz CT molecular complexity index is 2040. The second-order valence-electron chi connectivity index (χ2n) is 26.2. The summed E-state index contributed by atoms with van der Waals surface area (Å²) in [5, 5.41) is 9.77. The highest BCUT2D eigenvalue weighted by molar-refractivity contribution is 5.71. The first-order valence-corrected chi connectivity index (χ1v) is 38.0. The molecule has 0 aliphatic heterocycles. The van der Waals surface area contributed by atoms with Crippen LogP contribution in [0.1, 0.15) is 309 Å². The van der Waals surface area contributed by atoms with Crippen molar-refractivity contribution in [2.24, 2.45) is 0 Å². The van der Waals surface area contributed by atoms with Crippen molar-refractivity contribution < 1.29 is 42.9 Å². The van der Waals surface area contributed by atoms with Gasteiger partial charge in [-0.2, -0.15) is 0 Å². The van der Waals surface area contributed by atoms with Gasteiger partial charge in [0.2, 0.25) is 0 Å². The number of hydrogen-bond acceptors (Lipinski definition) is 7. The van der Waals surface area contributed by atoms with E-state index in [9.17, 15) is 19.5 Å². The summed E-state index contributed by atoms with van der Waals surface area (Å²) in [6, 6.07) is 0. The van der Waals surface area contributed by atoms with Crippen LogP contribution in [-0.4, -0.2) is 87.4 Å². The van der Waals surface area contributed by atoms with Gasteiger partial charge in [0.25, 0.3) is 6.29 Å². The number of esters is 2. The Labute approximate surface area is 572 Å². The summed E-state index contributed by atoms with van der Waals surface area (Å²) >= 11 is 0. The summed E-state index contributed by atoms with van der Waals surface area (Å²) in [6.07, 6.45) is 104. The molecule has 0 fully saturated rings. The fourth-order valence-corrected chi connectivity index (χ4v) is 10.4. The Morgan fingerprint density at radius 1 is 0.323 bits per heavy atom. The van der Waals surface area contributed by atoms with Gasteiger partial charge in [-0.1, -0.05) is 327 Å².